The number of imidazole rings is 1. The molecule has 0 aliphatic rings. The van der Waals surface area contributed by atoms with E-state index < -0.39 is 11.7 Å². The summed E-state index contributed by atoms with van der Waals surface area (Å²) in [5.74, 6) is 0.190. The second kappa shape index (κ2) is 4.76. The summed E-state index contributed by atoms with van der Waals surface area (Å²) in [6.45, 7) is 5.42. The Morgan fingerprint density at radius 2 is 1.89 bits per heavy atom. The molecule has 0 atom stereocenters. The zero-order valence-corrected chi connectivity index (χ0v) is 11.1. The fourth-order valence-electron chi connectivity index (χ4n) is 1.52. The Hall–Kier alpha value is -2.30. The molecule has 2 aromatic rings. The number of carbonyl (C=O) groups is 1. The maximum absolute atomic E-state index is 11.8. The van der Waals surface area contributed by atoms with Crippen molar-refractivity contribution in [2.75, 3.05) is 0 Å². The van der Waals surface area contributed by atoms with Crippen molar-refractivity contribution < 1.29 is 14.6 Å². The highest BCUT2D eigenvalue weighted by molar-refractivity contribution is 5.72. The summed E-state index contributed by atoms with van der Waals surface area (Å²) in [7, 11) is 0. The van der Waals surface area contributed by atoms with Crippen LogP contribution in [0.2, 0.25) is 0 Å². The van der Waals surface area contributed by atoms with E-state index in [1.54, 1.807) is 30.5 Å². The molecule has 5 nitrogen and oxygen atoms in total. The third-order valence-electron chi connectivity index (χ3n) is 2.35. The van der Waals surface area contributed by atoms with Gasteiger partial charge in [0.2, 0.25) is 0 Å². The van der Waals surface area contributed by atoms with E-state index in [1.807, 2.05) is 20.8 Å². The van der Waals surface area contributed by atoms with Gasteiger partial charge >= 0.3 is 6.09 Å². The van der Waals surface area contributed by atoms with Crippen molar-refractivity contribution in [3.63, 3.8) is 0 Å². The monoisotopic (exact) mass is 260 g/mol. The van der Waals surface area contributed by atoms with Crippen LogP contribution in [0.15, 0.2) is 36.8 Å². The number of carbonyl (C=O) groups excluding carboxylic acids is 1. The van der Waals surface area contributed by atoms with Gasteiger partial charge in [0, 0.05) is 11.8 Å². The molecule has 1 aromatic heterocycles. The van der Waals surface area contributed by atoms with Gasteiger partial charge in [-0.25, -0.2) is 14.3 Å². The van der Waals surface area contributed by atoms with Gasteiger partial charge in [-0.2, -0.15) is 0 Å². The number of phenolic OH excluding ortho intramolecular Hbond substituents is 1. The van der Waals surface area contributed by atoms with Crippen LogP contribution in [-0.4, -0.2) is 26.4 Å². The molecule has 0 radical (unpaired) electrons. The average molecular weight is 260 g/mol. The SMILES string of the molecule is CC(C)(C)OC(=O)n1cnc(-c2ccc(O)cc2)c1. The fraction of sp³-hybridized carbons (Fsp3) is 0.286. The first-order valence-electron chi connectivity index (χ1n) is 5.92. The smallest absolute Gasteiger partial charge is 0.419 e. The minimum Gasteiger partial charge on any atom is -0.508 e. The number of hydrogen-bond acceptors (Lipinski definition) is 4. The predicted molar refractivity (Wildman–Crippen MR) is 71.0 cm³/mol. The van der Waals surface area contributed by atoms with E-state index >= 15 is 0 Å². The van der Waals surface area contributed by atoms with E-state index in [1.165, 1.54) is 10.9 Å². The molecule has 0 aliphatic carbocycles. The van der Waals surface area contributed by atoms with Gasteiger partial charge in [-0.3, -0.25) is 0 Å². The quantitative estimate of drug-likeness (QED) is 0.856. The molecule has 0 spiro atoms. The molecule has 2 rings (SSSR count). The van der Waals surface area contributed by atoms with Crippen LogP contribution in [0.1, 0.15) is 20.8 Å². The Morgan fingerprint density at radius 1 is 1.26 bits per heavy atom. The molecule has 0 fully saturated rings. The second-order valence-corrected chi connectivity index (χ2v) is 5.19. The molecular formula is C14H16N2O3. The van der Waals surface area contributed by atoms with Crippen molar-refractivity contribution in [3.8, 4) is 17.0 Å². The molecule has 1 N–H and O–H groups in total. The highest BCUT2D eigenvalue weighted by Crippen LogP contribution is 2.20. The molecule has 0 amide bonds. The summed E-state index contributed by atoms with van der Waals surface area (Å²) in [6.07, 6.45) is 2.54. The number of rotatable bonds is 1. The fourth-order valence-corrected chi connectivity index (χ4v) is 1.52. The van der Waals surface area contributed by atoms with Crippen molar-refractivity contribution in [2.45, 2.75) is 26.4 Å². The average Bonchev–Trinajstić information content (AvgIpc) is 2.77. The lowest BCUT2D eigenvalue weighted by atomic mass is 10.2. The first-order valence-corrected chi connectivity index (χ1v) is 5.92. The van der Waals surface area contributed by atoms with Crippen LogP contribution in [0, 0.1) is 0 Å². The Balaban J connectivity index is 2.19. The molecule has 0 bridgehead atoms. The molecule has 0 unspecified atom stereocenters. The molecule has 19 heavy (non-hydrogen) atoms. The van der Waals surface area contributed by atoms with Crippen LogP contribution < -0.4 is 0 Å². The number of benzene rings is 1. The predicted octanol–water partition coefficient (Wildman–Crippen LogP) is 3.04. The Morgan fingerprint density at radius 3 is 2.47 bits per heavy atom. The molecule has 0 saturated carbocycles. The van der Waals surface area contributed by atoms with Crippen molar-refractivity contribution in [2.24, 2.45) is 0 Å². The highest BCUT2D eigenvalue weighted by atomic mass is 16.6. The van der Waals surface area contributed by atoms with Crippen molar-refractivity contribution in [3.05, 3.63) is 36.8 Å². The number of hydrogen-bond donors (Lipinski definition) is 1. The van der Waals surface area contributed by atoms with Gasteiger partial charge in [0.05, 0.1) is 5.69 Å². The van der Waals surface area contributed by atoms with Gasteiger partial charge in [-0.15, -0.1) is 0 Å². The summed E-state index contributed by atoms with van der Waals surface area (Å²) in [4.78, 5) is 16.0. The largest absolute Gasteiger partial charge is 0.508 e. The third-order valence-corrected chi connectivity index (χ3v) is 2.35. The van der Waals surface area contributed by atoms with Gasteiger partial charge in [0.15, 0.2) is 0 Å². The zero-order chi connectivity index (χ0) is 14.0. The molecule has 0 saturated heterocycles. The van der Waals surface area contributed by atoms with E-state index in [-0.39, 0.29) is 5.75 Å². The van der Waals surface area contributed by atoms with Crippen LogP contribution in [0.25, 0.3) is 11.3 Å². The summed E-state index contributed by atoms with van der Waals surface area (Å²) in [5.41, 5.74) is 0.922. The van der Waals surface area contributed by atoms with Gasteiger partial charge in [-0.1, -0.05) is 0 Å². The Bertz CT molecular complexity index is 579. The Kier molecular flexibility index (Phi) is 3.29. The second-order valence-electron chi connectivity index (χ2n) is 5.19. The molecule has 100 valence electrons. The van der Waals surface area contributed by atoms with E-state index in [4.69, 9.17) is 4.74 Å². The molecule has 1 aromatic carbocycles. The van der Waals surface area contributed by atoms with Crippen molar-refractivity contribution in [1.82, 2.24) is 9.55 Å². The van der Waals surface area contributed by atoms with Crippen LogP contribution in [0.4, 0.5) is 4.79 Å². The topological polar surface area (TPSA) is 64.4 Å². The summed E-state index contributed by atoms with van der Waals surface area (Å²) in [6, 6.07) is 6.61. The lowest BCUT2D eigenvalue weighted by Gasteiger charge is -2.19. The minimum absolute atomic E-state index is 0.190. The molecule has 1 heterocycles. The summed E-state index contributed by atoms with van der Waals surface area (Å²) >= 11 is 0. The first kappa shape index (κ1) is 13.1. The Labute approximate surface area is 111 Å². The van der Waals surface area contributed by atoms with E-state index in [0.717, 1.165) is 5.56 Å². The van der Waals surface area contributed by atoms with Crippen LogP contribution >= 0.6 is 0 Å². The standard InChI is InChI=1S/C14H16N2O3/c1-14(2,3)19-13(18)16-8-12(15-9-16)10-4-6-11(17)7-5-10/h4-9,17H,1-3H3. The third kappa shape index (κ3) is 3.34. The maximum atomic E-state index is 11.8. The molecule has 0 aliphatic heterocycles. The van der Waals surface area contributed by atoms with Crippen LogP contribution in [-0.2, 0) is 4.74 Å². The zero-order valence-electron chi connectivity index (χ0n) is 11.1. The summed E-state index contributed by atoms with van der Waals surface area (Å²) < 4.78 is 6.54. The maximum Gasteiger partial charge on any atom is 0.419 e. The lowest BCUT2D eigenvalue weighted by Crippen LogP contribution is -2.26. The van der Waals surface area contributed by atoms with Gasteiger partial charge in [0.25, 0.3) is 0 Å². The van der Waals surface area contributed by atoms with Gasteiger partial charge in [-0.05, 0) is 45.0 Å². The normalized spacial score (nSPS) is 11.3. The van der Waals surface area contributed by atoms with E-state index in [0.29, 0.717) is 5.69 Å². The number of aromatic nitrogens is 2. The number of ether oxygens (including phenoxy) is 1. The van der Waals surface area contributed by atoms with E-state index in [2.05, 4.69) is 4.98 Å². The number of phenols is 1. The molecular weight excluding hydrogens is 244 g/mol. The molecule has 5 heteroatoms. The minimum atomic E-state index is -0.542. The highest BCUT2D eigenvalue weighted by Gasteiger charge is 2.18. The number of aromatic hydroxyl groups is 1. The van der Waals surface area contributed by atoms with Gasteiger partial charge in [0.1, 0.15) is 17.7 Å². The van der Waals surface area contributed by atoms with Crippen LogP contribution in [0.5, 0.6) is 5.75 Å². The number of nitrogens with zero attached hydrogens (tertiary/aromatic N) is 2. The lowest BCUT2D eigenvalue weighted by molar-refractivity contribution is 0.0536. The van der Waals surface area contributed by atoms with E-state index in [9.17, 15) is 9.90 Å². The van der Waals surface area contributed by atoms with Crippen molar-refractivity contribution >= 4 is 6.09 Å². The van der Waals surface area contributed by atoms with Crippen LogP contribution in [0.3, 0.4) is 0 Å². The van der Waals surface area contributed by atoms with Crippen molar-refractivity contribution in [1.29, 1.82) is 0 Å². The van der Waals surface area contributed by atoms with Gasteiger partial charge < -0.3 is 9.84 Å². The summed E-state index contributed by atoms with van der Waals surface area (Å²) in [5, 5.41) is 9.22. The first-order chi connectivity index (χ1) is 8.85.